The topological polar surface area (TPSA) is 74.8 Å². The fraction of sp³-hybridized carbons (Fsp3) is 0.667. The Hall–Kier alpha value is -0.150. The third-order valence-corrected chi connectivity index (χ3v) is 4.27. The Morgan fingerprint density at radius 1 is 1.31 bits per heavy atom. The third-order valence-electron chi connectivity index (χ3n) is 2.12. The number of nitrogens with zero attached hydrogens (tertiary/aromatic N) is 1. The van der Waals surface area contributed by atoms with Gasteiger partial charge in [0.1, 0.15) is 0 Å². The Balaban J connectivity index is 2.22. The molecule has 0 saturated carbocycles. The van der Waals surface area contributed by atoms with E-state index in [9.17, 15) is 8.42 Å². The van der Waals surface area contributed by atoms with Gasteiger partial charge in [-0.3, -0.25) is 5.10 Å². The van der Waals surface area contributed by atoms with Crippen molar-refractivity contribution in [2.24, 2.45) is 0 Å². The van der Waals surface area contributed by atoms with Crippen molar-refractivity contribution >= 4 is 32.6 Å². The smallest absolute Gasteiger partial charge is 0.257 e. The van der Waals surface area contributed by atoms with Gasteiger partial charge >= 0.3 is 0 Å². The van der Waals surface area contributed by atoms with Crippen LogP contribution in [0.5, 0.6) is 0 Å². The first-order valence-electron chi connectivity index (χ1n) is 5.22. The summed E-state index contributed by atoms with van der Waals surface area (Å²) in [7, 11) is -3.38. The molecule has 0 radical (unpaired) electrons. The Kier molecular flexibility index (Phi) is 6.29. The van der Waals surface area contributed by atoms with Crippen LogP contribution in [0.15, 0.2) is 17.3 Å². The Labute approximate surface area is 110 Å². The number of unbranched alkanes of at least 4 members (excludes halogenated alkanes) is 3. The molecule has 1 aromatic heterocycles. The molecule has 0 unspecified atom stereocenters. The number of rotatable bonds is 8. The van der Waals surface area contributed by atoms with Crippen molar-refractivity contribution < 1.29 is 8.42 Å². The highest BCUT2D eigenvalue weighted by molar-refractivity contribution is 14.1. The van der Waals surface area contributed by atoms with Gasteiger partial charge in [0.2, 0.25) is 0 Å². The van der Waals surface area contributed by atoms with E-state index >= 15 is 0 Å². The van der Waals surface area contributed by atoms with E-state index in [2.05, 4.69) is 37.5 Å². The van der Waals surface area contributed by atoms with Gasteiger partial charge in [-0.15, -0.1) is 0 Å². The van der Waals surface area contributed by atoms with Crippen molar-refractivity contribution in [3.8, 4) is 0 Å². The van der Waals surface area contributed by atoms with Crippen LogP contribution in [0.25, 0.3) is 0 Å². The molecule has 0 fully saturated rings. The predicted octanol–water partition coefficient (Wildman–Crippen LogP) is 1.68. The van der Waals surface area contributed by atoms with Gasteiger partial charge < -0.3 is 0 Å². The van der Waals surface area contributed by atoms with Crippen molar-refractivity contribution in [3.05, 3.63) is 12.3 Å². The van der Waals surface area contributed by atoms with Crippen molar-refractivity contribution in [2.75, 3.05) is 11.0 Å². The highest BCUT2D eigenvalue weighted by Gasteiger charge is 2.13. The Morgan fingerprint density at radius 2 is 2.06 bits per heavy atom. The molecule has 0 aliphatic rings. The zero-order chi connectivity index (χ0) is 11.9. The van der Waals surface area contributed by atoms with Crippen LogP contribution in [0.4, 0.5) is 0 Å². The van der Waals surface area contributed by atoms with Gasteiger partial charge in [-0.2, -0.15) is 5.10 Å². The van der Waals surface area contributed by atoms with Crippen LogP contribution in [-0.2, 0) is 10.0 Å². The summed E-state index contributed by atoms with van der Waals surface area (Å²) < 4.78 is 26.9. The van der Waals surface area contributed by atoms with Gasteiger partial charge in [0.25, 0.3) is 10.0 Å². The normalized spacial score (nSPS) is 11.8. The summed E-state index contributed by atoms with van der Waals surface area (Å²) in [6.45, 7) is 0.489. The maximum atomic E-state index is 11.6. The van der Waals surface area contributed by atoms with E-state index in [0.717, 1.165) is 23.7 Å². The molecule has 1 aromatic rings. The lowest BCUT2D eigenvalue weighted by atomic mass is 10.2. The zero-order valence-corrected chi connectivity index (χ0v) is 11.9. The van der Waals surface area contributed by atoms with E-state index < -0.39 is 10.0 Å². The molecule has 0 aliphatic carbocycles. The summed E-state index contributed by atoms with van der Waals surface area (Å²) in [5.74, 6) is 0. The molecule has 0 spiro atoms. The molecule has 1 heterocycles. The molecular weight excluding hydrogens is 341 g/mol. The van der Waals surface area contributed by atoms with Crippen molar-refractivity contribution in [1.29, 1.82) is 0 Å². The second-order valence-electron chi connectivity index (χ2n) is 3.42. The molecule has 0 saturated heterocycles. The molecule has 7 heteroatoms. The quantitative estimate of drug-likeness (QED) is 0.422. The monoisotopic (exact) mass is 357 g/mol. The van der Waals surface area contributed by atoms with Crippen molar-refractivity contribution in [1.82, 2.24) is 14.9 Å². The van der Waals surface area contributed by atoms with Crippen LogP contribution >= 0.6 is 22.6 Å². The fourth-order valence-electron chi connectivity index (χ4n) is 1.25. The summed E-state index contributed by atoms with van der Waals surface area (Å²) in [6, 6.07) is 1.44. The highest BCUT2D eigenvalue weighted by atomic mass is 127. The first-order valence-corrected chi connectivity index (χ1v) is 8.22. The first-order chi connectivity index (χ1) is 7.67. The minimum absolute atomic E-state index is 0.125. The van der Waals surface area contributed by atoms with Crippen LogP contribution in [0, 0.1) is 0 Å². The molecule has 0 aromatic carbocycles. The summed E-state index contributed by atoms with van der Waals surface area (Å²) in [4.78, 5) is 0. The van der Waals surface area contributed by atoms with E-state index in [0.29, 0.717) is 6.54 Å². The van der Waals surface area contributed by atoms with E-state index in [-0.39, 0.29) is 5.03 Å². The second kappa shape index (κ2) is 7.23. The molecule has 0 amide bonds. The molecule has 5 nitrogen and oxygen atoms in total. The molecule has 1 rings (SSSR count). The average molecular weight is 357 g/mol. The molecule has 92 valence electrons. The van der Waals surface area contributed by atoms with Gasteiger partial charge in [-0.05, 0) is 23.3 Å². The number of aromatic nitrogens is 2. The minimum Gasteiger partial charge on any atom is -0.266 e. The first kappa shape index (κ1) is 13.9. The zero-order valence-electron chi connectivity index (χ0n) is 8.95. The Morgan fingerprint density at radius 3 is 2.69 bits per heavy atom. The largest absolute Gasteiger partial charge is 0.266 e. The van der Waals surface area contributed by atoms with Crippen LogP contribution in [0.1, 0.15) is 25.7 Å². The van der Waals surface area contributed by atoms with E-state index in [1.54, 1.807) is 0 Å². The number of H-pyrrole nitrogens is 1. The van der Waals surface area contributed by atoms with Gasteiger partial charge in [-0.1, -0.05) is 35.4 Å². The number of aromatic amines is 1. The standard InChI is InChI=1S/C9H16IN3O2S/c10-6-3-1-2-4-7-12-16(14,15)9-5-8-11-13-9/h5,8,12H,1-4,6-7H2,(H,11,13). The van der Waals surface area contributed by atoms with Crippen molar-refractivity contribution in [2.45, 2.75) is 30.7 Å². The molecule has 0 bridgehead atoms. The molecule has 16 heavy (non-hydrogen) atoms. The van der Waals surface area contributed by atoms with Crippen LogP contribution in [-0.4, -0.2) is 29.6 Å². The number of hydrogen-bond donors (Lipinski definition) is 2. The maximum absolute atomic E-state index is 11.6. The van der Waals surface area contributed by atoms with Gasteiger partial charge in [0, 0.05) is 6.54 Å². The lowest BCUT2D eigenvalue weighted by Gasteiger charge is -2.03. The summed E-state index contributed by atoms with van der Waals surface area (Å²) in [5, 5.41) is 6.17. The molecule has 2 N–H and O–H groups in total. The number of halogens is 1. The maximum Gasteiger partial charge on any atom is 0.257 e. The molecule has 0 aliphatic heterocycles. The highest BCUT2D eigenvalue weighted by Crippen LogP contribution is 2.04. The van der Waals surface area contributed by atoms with Crippen LogP contribution < -0.4 is 4.72 Å². The van der Waals surface area contributed by atoms with E-state index in [1.165, 1.54) is 18.7 Å². The summed E-state index contributed by atoms with van der Waals surface area (Å²) in [6.07, 6.45) is 5.73. The number of alkyl halides is 1. The minimum atomic E-state index is -3.38. The molecule has 0 atom stereocenters. The third kappa shape index (κ3) is 4.79. The number of hydrogen-bond acceptors (Lipinski definition) is 3. The van der Waals surface area contributed by atoms with E-state index in [4.69, 9.17) is 0 Å². The Bertz CT molecular complexity index is 377. The summed E-state index contributed by atoms with van der Waals surface area (Å²) >= 11 is 2.35. The second-order valence-corrected chi connectivity index (χ2v) is 6.24. The van der Waals surface area contributed by atoms with E-state index in [1.807, 2.05) is 0 Å². The number of sulfonamides is 1. The van der Waals surface area contributed by atoms with Crippen LogP contribution in [0.2, 0.25) is 0 Å². The summed E-state index contributed by atoms with van der Waals surface area (Å²) in [5.41, 5.74) is 0. The van der Waals surface area contributed by atoms with Gasteiger partial charge in [0.05, 0.1) is 6.20 Å². The number of nitrogens with one attached hydrogen (secondary N) is 2. The fourth-order valence-corrected chi connectivity index (χ4v) is 2.77. The lowest BCUT2D eigenvalue weighted by molar-refractivity contribution is 0.570. The molecular formula is C9H16IN3O2S. The van der Waals surface area contributed by atoms with Crippen molar-refractivity contribution in [3.63, 3.8) is 0 Å². The lowest BCUT2D eigenvalue weighted by Crippen LogP contribution is -2.25. The van der Waals surface area contributed by atoms with Gasteiger partial charge in [0.15, 0.2) is 5.03 Å². The van der Waals surface area contributed by atoms with Crippen LogP contribution in [0.3, 0.4) is 0 Å². The van der Waals surface area contributed by atoms with Gasteiger partial charge in [-0.25, -0.2) is 13.1 Å². The SMILES string of the molecule is O=S(=O)(NCCCCCCI)c1ccn[nH]1. The predicted molar refractivity (Wildman–Crippen MR) is 71.1 cm³/mol. The average Bonchev–Trinajstić information content (AvgIpc) is 2.77.